The first-order valence-electron chi connectivity index (χ1n) is 8.93. The van der Waals surface area contributed by atoms with Crippen LogP contribution in [0.4, 0.5) is 13.2 Å². The van der Waals surface area contributed by atoms with E-state index in [1.165, 1.54) is 29.1 Å². The van der Waals surface area contributed by atoms with Gasteiger partial charge in [-0.1, -0.05) is 12.1 Å². The zero-order valence-electron chi connectivity index (χ0n) is 16.1. The molecule has 0 unspecified atom stereocenters. The minimum Gasteiger partial charge on any atom is -0.348 e. The molecule has 0 fully saturated rings. The molecule has 0 spiro atoms. The highest BCUT2D eigenvalue weighted by Crippen LogP contribution is 2.27. The summed E-state index contributed by atoms with van der Waals surface area (Å²) in [5, 5.41) is 11.9. The zero-order chi connectivity index (χ0) is 21.3. The Morgan fingerprint density at radius 2 is 1.97 bits per heavy atom. The molecular formula is C21H19F3N4O. The van der Waals surface area contributed by atoms with Gasteiger partial charge in [-0.05, 0) is 44.5 Å². The van der Waals surface area contributed by atoms with Crippen molar-refractivity contribution in [3.8, 4) is 6.07 Å². The van der Waals surface area contributed by atoms with Crippen LogP contribution in [0.5, 0.6) is 0 Å². The molecule has 1 amide bonds. The van der Waals surface area contributed by atoms with Crippen molar-refractivity contribution < 1.29 is 18.0 Å². The summed E-state index contributed by atoms with van der Waals surface area (Å²) < 4.78 is 43.2. The van der Waals surface area contributed by atoms with Gasteiger partial charge in [-0.3, -0.25) is 4.79 Å². The Bertz CT molecular complexity index is 1130. The number of nitrogens with one attached hydrogen (secondary N) is 1. The van der Waals surface area contributed by atoms with Crippen LogP contribution in [0, 0.1) is 28.8 Å². The molecule has 1 atom stereocenters. The number of carbonyl (C=O) groups is 1. The number of nitriles is 1. The van der Waals surface area contributed by atoms with Crippen molar-refractivity contribution in [1.82, 2.24) is 14.9 Å². The van der Waals surface area contributed by atoms with Crippen LogP contribution < -0.4 is 5.32 Å². The van der Waals surface area contributed by atoms with Gasteiger partial charge < -0.3 is 9.88 Å². The quantitative estimate of drug-likeness (QED) is 0.700. The number of hydrogen-bond donors (Lipinski definition) is 1. The van der Waals surface area contributed by atoms with Crippen LogP contribution in [0.25, 0.3) is 11.0 Å². The van der Waals surface area contributed by atoms with Crippen molar-refractivity contribution in [3.05, 3.63) is 65.2 Å². The number of aromatic nitrogens is 2. The van der Waals surface area contributed by atoms with Gasteiger partial charge in [-0.25, -0.2) is 18.2 Å². The maximum Gasteiger partial charge on any atom is 0.240 e. The predicted octanol–water partition coefficient (Wildman–Crippen LogP) is 4.13. The van der Waals surface area contributed by atoms with Gasteiger partial charge in [-0.2, -0.15) is 5.26 Å². The van der Waals surface area contributed by atoms with Crippen LogP contribution in [-0.4, -0.2) is 15.5 Å². The van der Waals surface area contributed by atoms with E-state index in [1.807, 2.05) is 0 Å². The minimum absolute atomic E-state index is 0.0954. The van der Waals surface area contributed by atoms with Gasteiger partial charge in [0.25, 0.3) is 0 Å². The molecule has 5 nitrogen and oxygen atoms in total. The van der Waals surface area contributed by atoms with E-state index in [2.05, 4.69) is 16.4 Å². The molecule has 8 heteroatoms. The monoisotopic (exact) mass is 400 g/mol. The van der Waals surface area contributed by atoms with Gasteiger partial charge in [0.1, 0.15) is 17.9 Å². The normalized spacial score (nSPS) is 12.6. The Morgan fingerprint density at radius 1 is 1.24 bits per heavy atom. The van der Waals surface area contributed by atoms with Crippen molar-refractivity contribution in [2.24, 2.45) is 0 Å². The van der Waals surface area contributed by atoms with Gasteiger partial charge in [0.05, 0.1) is 29.4 Å². The number of fused-ring (bicyclic) bond motifs is 1. The summed E-state index contributed by atoms with van der Waals surface area (Å²) in [7, 11) is 0. The van der Waals surface area contributed by atoms with Crippen molar-refractivity contribution in [2.75, 3.05) is 0 Å². The Hall–Kier alpha value is -3.34. The number of nitrogens with zero attached hydrogens (tertiary/aromatic N) is 3. The van der Waals surface area contributed by atoms with E-state index >= 15 is 0 Å². The van der Waals surface area contributed by atoms with Crippen LogP contribution in [0.1, 0.15) is 37.9 Å². The van der Waals surface area contributed by atoms with Gasteiger partial charge in [0.15, 0.2) is 11.6 Å². The summed E-state index contributed by atoms with van der Waals surface area (Å²) in [6.07, 6.45) is 1.26. The molecule has 150 valence electrons. The number of carbonyl (C=O) groups excluding carboxylic acids is 1. The summed E-state index contributed by atoms with van der Waals surface area (Å²) in [5.41, 5.74) is -0.0492. The van der Waals surface area contributed by atoms with Crippen molar-refractivity contribution >= 4 is 16.9 Å². The molecule has 3 rings (SSSR count). The average molecular weight is 400 g/mol. The molecule has 1 heterocycles. The van der Waals surface area contributed by atoms with Gasteiger partial charge in [-0.15, -0.1) is 0 Å². The number of halogens is 3. The highest BCUT2D eigenvalue weighted by Gasteiger charge is 2.24. The lowest BCUT2D eigenvalue weighted by atomic mass is 9.85. The first-order valence-corrected chi connectivity index (χ1v) is 8.93. The van der Waals surface area contributed by atoms with E-state index in [1.54, 1.807) is 26.8 Å². The number of rotatable bonds is 5. The molecule has 0 bridgehead atoms. The SMILES string of the molecule is C[C@H](NC(=O)Cn1cnc2ccc(F)c(F)c21)c1ccc(C(C)(C)C#N)c(F)c1. The molecular weight excluding hydrogens is 381 g/mol. The smallest absolute Gasteiger partial charge is 0.240 e. The summed E-state index contributed by atoms with van der Waals surface area (Å²) in [4.78, 5) is 16.3. The Balaban J connectivity index is 1.76. The van der Waals surface area contributed by atoms with E-state index in [-0.39, 0.29) is 23.1 Å². The van der Waals surface area contributed by atoms with Crippen LogP contribution in [0.3, 0.4) is 0 Å². The molecule has 0 radical (unpaired) electrons. The summed E-state index contributed by atoms with van der Waals surface area (Å²) >= 11 is 0. The predicted molar refractivity (Wildman–Crippen MR) is 101 cm³/mol. The maximum absolute atomic E-state index is 14.4. The molecule has 0 aliphatic carbocycles. The largest absolute Gasteiger partial charge is 0.348 e. The molecule has 0 saturated carbocycles. The van der Waals surface area contributed by atoms with Crippen molar-refractivity contribution in [1.29, 1.82) is 5.26 Å². The van der Waals surface area contributed by atoms with Crippen LogP contribution >= 0.6 is 0 Å². The maximum atomic E-state index is 14.4. The van der Waals surface area contributed by atoms with E-state index in [4.69, 9.17) is 0 Å². The number of benzene rings is 2. The van der Waals surface area contributed by atoms with Crippen molar-refractivity contribution in [3.63, 3.8) is 0 Å². The lowest BCUT2D eigenvalue weighted by molar-refractivity contribution is -0.122. The fourth-order valence-electron chi connectivity index (χ4n) is 3.11. The standard InChI is InChI=1S/C21H19F3N4O/c1-12(13-4-5-14(16(23)8-13)21(2,3)10-25)27-18(29)9-28-11-26-17-7-6-15(22)19(24)20(17)28/h4-8,11-12H,9H2,1-3H3,(H,27,29)/t12-/m0/s1. The Kier molecular flexibility index (Phi) is 5.33. The molecule has 2 aromatic carbocycles. The molecule has 1 aromatic heterocycles. The molecule has 0 aliphatic heterocycles. The van der Waals surface area contributed by atoms with Gasteiger partial charge in [0, 0.05) is 5.56 Å². The summed E-state index contributed by atoms with van der Waals surface area (Å²) in [5.74, 6) is -3.10. The molecule has 3 aromatic rings. The van der Waals surface area contributed by atoms with Crippen LogP contribution in [0.15, 0.2) is 36.7 Å². The Morgan fingerprint density at radius 3 is 2.62 bits per heavy atom. The summed E-state index contributed by atoms with van der Waals surface area (Å²) in [6, 6.07) is 8.27. The second kappa shape index (κ2) is 7.59. The zero-order valence-corrected chi connectivity index (χ0v) is 16.1. The average Bonchev–Trinajstić information content (AvgIpc) is 3.07. The molecule has 1 N–H and O–H groups in total. The molecule has 0 saturated heterocycles. The molecule has 29 heavy (non-hydrogen) atoms. The number of amides is 1. The highest BCUT2D eigenvalue weighted by atomic mass is 19.2. The fourth-order valence-corrected chi connectivity index (χ4v) is 3.11. The van der Waals surface area contributed by atoms with E-state index in [0.29, 0.717) is 5.56 Å². The second-order valence-corrected chi connectivity index (χ2v) is 7.37. The van der Waals surface area contributed by atoms with Crippen molar-refractivity contribution in [2.45, 2.75) is 38.8 Å². The lowest BCUT2D eigenvalue weighted by Crippen LogP contribution is -2.30. The highest BCUT2D eigenvalue weighted by molar-refractivity contribution is 5.81. The third-order valence-electron chi connectivity index (χ3n) is 4.81. The van der Waals surface area contributed by atoms with E-state index < -0.39 is 34.8 Å². The third kappa shape index (κ3) is 3.94. The van der Waals surface area contributed by atoms with Gasteiger partial charge in [0.2, 0.25) is 5.91 Å². The Labute approximate surface area is 165 Å². The minimum atomic E-state index is -1.07. The topological polar surface area (TPSA) is 70.7 Å². The van der Waals surface area contributed by atoms with Crippen LogP contribution in [0.2, 0.25) is 0 Å². The first-order chi connectivity index (χ1) is 13.6. The van der Waals surface area contributed by atoms with E-state index in [9.17, 15) is 23.2 Å². The van der Waals surface area contributed by atoms with Crippen LogP contribution in [-0.2, 0) is 16.8 Å². The third-order valence-corrected chi connectivity index (χ3v) is 4.81. The van der Waals surface area contributed by atoms with E-state index in [0.717, 1.165) is 6.07 Å². The lowest BCUT2D eigenvalue weighted by Gasteiger charge is -2.20. The van der Waals surface area contributed by atoms with Gasteiger partial charge >= 0.3 is 0 Å². The second-order valence-electron chi connectivity index (χ2n) is 7.37. The number of hydrogen-bond acceptors (Lipinski definition) is 3. The number of imidazole rings is 1. The fraction of sp³-hybridized carbons (Fsp3) is 0.286. The molecule has 0 aliphatic rings. The first kappa shape index (κ1) is 20.4. The summed E-state index contributed by atoms with van der Waals surface area (Å²) in [6.45, 7) is 4.64.